The Kier molecular flexibility index (Phi) is 4.81. The summed E-state index contributed by atoms with van der Waals surface area (Å²) in [5.41, 5.74) is 0. The van der Waals surface area contributed by atoms with E-state index in [2.05, 4.69) is 17.9 Å². The fourth-order valence-electron chi connectivity index (χ4n) is 0.583. The Morgan fingerprint density at radius 3 is 2.44 bits per heavy atom. The average Bonchev–Trinajstić information content (AvgIpc) is 1.82. The number of thiol groups is 1. The number of hydrogen-bond donors (Lipinski definition) is 2. The highest BCUT2D eigenvalue weighted by molar-refractivity contribution is 7.80. The van der Waals surface area contributed by atoms with Crippen LogP contribution in [0.2, 0.25) is 0 Å². The van der Waals surface area contributed by atoms with Gasteiger partial charge in [-0.05, 0) is 13.5 Å². The van der Waals surface area contributed by atoms with E-state index in [1.807, 2.05) is 6.92 Å². The van der Waals surface area contributed by atoms with Crippen molar-refractivity contribution in [1.82, 2.24) is 5.32 Å². The first-order valence-electron chi connectivity index (χ1n) is 3.07. The molecule has 0 aromatic carbocycles. The number of nitrogens with one attached hydrogen (secondary N) is 1. The van der Waals surface area contributed by atoms with E-state index < -0.39 is 0 Å². The summed E-state index contributed by atoms with van der Waals surface area (Å²) in [5, 5.41) is 3.01. The van der Waals surface area contributed by atoms with Crippen LogP contribution >= 0.6 is 12.6 Å². The zero-order valence-corrected chi connectivity index (χ0v) is 6.74. The zero-order valence-electron chi connectivity index (χ0n) is 5.85. The topological polar surface area (TPSA) is 29.1 Å². The molecule has 0 bridgehead atoms. The minimum absolute atomic E-state index is 0.0571. The van der Waals surface area contributed by atoms with Gasteiger partial charge in [0.05, 0.1) is 6.04 Å². The second-order valence-electron chi connectivity index (χ2n) is 1.90. The van der Waals surface area contributed by atoms with Crippen molar-refractivity contribution in [3.05, 3.63) is 0 Å². The molecule has 3 heteroatoms. The third kappa shape index (κ3) is 3.54. The second-order valence-corrected chi connectivity index (χ2v) is 2.27. The number of carbonyl (C=O) groups excluding carboxylic acids is 1. The number of carbonyl (C=O) groups is 1. The van der Waals surface area contributed by atoms with E-state index in [4.69, 9.17) is 0 Å². The molecule has 0 rings (SSSR count). The van der Waals surface area contributed by atoms with Gasteiger partial charge in [-0.3, -0.25) is 4.79 Å². The van der Waals surface area contributed by atoms with Gasteiger partial charge < -0.3 is 5.32 Å². The van der Waals surface area contributed by atoms with Crippen molar-refractivity contribution >= 4 is 18.4 Å². The molecule has 9 heavy (non-hydrogen) atoms. The number of likely N-dealkylation sites (N-methyl/N-ethyl adjacent to an activating group) is 1. The van der Waals surface area contributed by atoms with E-state index >= 15 is 0 Å². The Morgan fingerprint density at radius 1 is 1.78 bits per heavy atom. The first-order chi connectivity index (χ1) is 4.22. The molecule has 0 radical (unpaired) electrons. The highest BCUT2D eigenvalue weighted by Crippen LogP contribution is 1.87. The minimum atomic E-state index is -0.0571. The van der Waals surface area contributed by atoms with Crippen LogP contribution < -0.4 is 5.32 Å². The predicted octanol–water partition coefficient (Wildman–Crippen LogP) is 0.483. The fourth-order valence-corrected chi connectivity index (χ4v) is 0.969. The molecule has 0 aromatic heterocycles. The molecule has 0 fully saturated rings. The van der Waals surface area contributed by atoms with E-state index in [9.17, 15) is 4.79 Å². The van der Waals surface area contributed by atoms with Crippen molar-refractivity contribution in [3.8, 4) is 0 Å². The number of Topliss-reactive ketones (excluding diaryl/α,β-unsaturated/α-hetero) is 1. The Hall–Kier alpha value is -0.0200. The standard InChI is InChI=1S/C6H13NOS/c1-3-7-6(4-9)5(2)8/h6-7,9H,3-4H2,1-2H3. The Bertz CT molecular complexity index is 95.1. The molecule has 0 spiro atoms. The van der Waals surface area contributed by atoms with Gasteiger partial charge in [0.15, 0.2) is 0 Å². The molecular formula is C6H13NOS. The smallest absolute Gasteiger partial charge is 0.147 e. The number of hydrogen-bond acceptors (Lipinski definition) is 3. The summed E-state index contributed by atoms with van der Waals surface area (Å²) in [6.45, 7) is 4.37. The van der Waals surface area contributed by atoms with Gasteiger partial charge in [0.2, 0.25) is 0 Å². The van der Waals surface area contributed by atoms with E-state index in [1.165, 1.54) is 0 Å². The SMILES string of the molecule is CCNC(CS)C(C)=O. The molecular weight excluding hydrogens is 134 g/mol. The summed E-state index contributed by atoms with van der Waals surface area (Å²) in [4.78, 5) is 10.7. The van der Waals surface area contributed by atoms with Crippen LogP contribution in [0.25, 0.3) is 0 Å². The maximum Gasteiger partial charge on any atom is 0.147 e. The monoisotopic (exact) mass is 147 g/mol. The summed E-state index contributed by atoms with van der Waals surface area (Å²) < 4.78 is 0. The second kappa shape index (κ2) is 4.82. The maximum absolute atomic E-state index is 10.7. The van der Waals surface area contributed by atoms with Gasteiger partial charge in [-0.2, -0.15) is 12.6 Å². The molecule has 0 aliphatic rings. The molecule has 0 aliphatic carbocycles. The van der Waals surface area contributed by atoms with Crippen LogP contribution in [0.1, 0.15) is 13.8 Å². The van der Waals surface area contributed by atoms with Gasteiger partial charge >= 0.3 is 0 Å². The third-order valence-corrected chi connectivity index (χ3v) is 1.49. The van der Waals surface area contributed by atoms with Crippen molar-refractivity contribution in [2.24, 2.45) is 0 Å². The molecule has 1 unspecified atom stereocenters. The van der Waals surface area contributed by atoms with Crippen LogP contribution in [0.15, 0.2) is 0 Å². The number of ketones is 1. The van der Waals surface area contributed by atoms with Crippen LogP contribution in [0.3, 0.4) is 0 Å². The Labute approximate surface area is 61.4 Å². The first kappa shape index (κ1) is 8.98. The lowest BCUT2D eigenvalue weighted by Crippen LogP contribution is -2.36. The quantitative estimate of drug-likeness (QED) is 0.566. The lowest BCUT2D eigenvalue weighted by molar-refractivity contribution is -0.118. The van der Waals surface area contributed by atoms with E-state index in [0.29, 0.717) is 5.75 Å². The van der Waals surface area contributed by atoms with Gasteiger partial charge in [-0.15, -0.1) is 0 Å². The molecule has 1 atom stereocenters. The normalized spacial score (nSPS) is 13.2. The van der Waals surface area contributed by atoms with Gasteiger partial charge in [0, 0.05) is 5.75 Å². The highest BCUT2D eigenvalue weighted by atomic mass is 32.1. The van der Waals surface area contributed by atoms with E-state index in [1.54, 1.807) is 6.92 Å². The van der Waals surface area contributed by atoms with Crippen molar-refractivity contribution in [1.29, 1.82) is 0 Å². The zero-order chi connectivity index (χ0) is 7.28. The van der Waals surface area contributed by atoms with E-state index in [-0.39, 0.29) is 11.8 Å². The van der Waals surface area contributed by atoms with Crippen molar-refractivity contribution in [2.45, 2.75) is 19.9 Å². The van der Waals surface area contributed by atoms with Gasteiger partial charge in [-0.1, -0.05) is 6.92 Å². The molecule has 0 aliphatic heterocycles. The van der Waals surface area contributed by atoms with Crippen LogP contribution in [0.5, 0.6) is 0 Å². The van der Waals surface area contributed by atoms with Crippen molar-refractivity contribution < 1.29 is 4.79 Å². The molecule has 0 saturated heterocycles. The summed E-state index contributed by atoms with van der Waals surface area (Å²) in [6, 6.07) is -0.0571. The fraction of sp³-hybridized carbons (Fsp3) is 0.833. The van der Waals surface area contributed by atoms with Gasteiger partial charge in [-0.25, -0.2) is 0 Å². The summed E-state index contributed by atoms with van der Waals surface area (Å²) in [5.74, 6) is 0.746. The van der Waals surface area contributed by atoms with Gasteiger partial charge in [0.1, 0.15) is 5.78 Å². The molecule has 54 valence electrons. The van der Waals surface area contributed by atoms with Gasteiger partial charge in [0.25, 0.3) is 0 Å². The predicted molar refractivity (Wildman–Crippen MR) is 42.0 cm³/mol. The lowest BCUT2D eigenvalue weighted by Gasteiger charge is -2.09. The van der Waals surface area contributed by atoms with E-state index in [0.717, 1.165) is 6.54 Å². The Balaban J connectivity index is 3.54. The minimum Gasteiger partial charge on any atom is -0.307 e. The molecule has 2 nitrogen and oxygen atoms in total. The summed E-state index contributed by atoms with van der Waals surface area (Å²) in [7, 11) is 0. The van der Waals surface area contributed by atoms with Crippen LogP contribution in [0, 0.1) is 0 Å². The van der Waals surface area contributed by atoms with Crippen molar-refractivity contribution in [2.75, 3.05) is 12.3 Å². The Morgan fingerprint density at radius 2 is 2.33 bits per heavy atom. The molecule has 1 N–H and O–H groups in total. The lowest BCUT2D eigenvalue weighted by atomic mass is 10.2. The summed E-state index contributed by atoms with van der Waals surface area (Å²) in [6.07, 6.45) is 0. The maximum atomic E-state index is 10.7. The van der Waals surface area contributed by atoms with Crippen LogP contribution in [-0.2, 0) is 4.79 Å². The third-order valence-electron chi connectivity index (χ3n) is 1.12. The van der Waals surface area contributed by atoms with Crippen LogP contribution in [-0.4, -0.2) is 24.1 Å². The molecule has 0 heterocycles. The summed E-state index contributed by atoms with van der Waals surface area (Å²) >= 11 is 4.01. The molecule has 0 aromatic rings. The largest absolute Gasteiger partial charge is 0.307 e. The highest BCUT2D eigenvalue weighted by Gasteiger charge is 2.08. The van der Waals surface area contributed by atoms with Crippen molar-refractivity contribution in [3.63, 3.8) is 0 Å². The number of rotatable bonds is 4. The molecule has 0 saturated carbocycles. The average molecular weight is 147 g/mol. The molecule has 0 amide bonds. The van der Waals surface area contributed by atoms with Crippen LogP contribution in [0.4, 0.5) is 0 Å². The first-order valence-corrected chi connectivity index (χ1v) is 3.70.